The molecule has 0 saturated heterocycles. The Kier molecular flexibility index (Phi) is 2.67. The largest absolute Gasteiger partial charge is 0.487 e. The van der Waals surface area contributed by atoms with E-state index in [2.05, 4.69) is 0 Å². The highest BCUT2D eigenvalue weighted by Gasteiger charge is 2.42. The molecule has 15 heavy (non-hydrogen) atoms. The van der Waals surface area contributed by atoms with Crippen LogP contribution in [0.25, 0.3) is 0 Å². The van der Waals surface area contributed by atoms with Gasteiger partial charge < -0.3 is 14.9 Å². The summed E-state index contributed by atoms with van der Waals surface area (Å²) < 4.78 is 5.65. The average Bonchev–Trinajstić information content (AvgIpc) is 2.25. The van der Waals surface area contributed by atoms with Crippen molar-refractivity contribution in [1.29, 1.82) is 0 Å². The van der Waals surface area contributed by atoms with Gasteiger partial charge in [0.1, 0.15) is 11.9 Å². The normalized spacial score (nSPS) is 29.7. The van der Waals surface area contributed by atoms with Crippen LogP contribution in [0.1, 0.15) is 25.3 Å². The van der Waals surface area contributed by atoms with Gasteiger partial charge >= 0.3 is 0 Å². The van der Waals surface area contributed by atoms with E-state index in [0.29, 0.717) is 5.75 Å². The van der Waals surface area contributed by atoms with E-state index < -0.39 is 5.60 Å². The molecule has 0 bridgehead atoms. The highest BCUT2D eigenvalue weighted by atomic mass is 16.5. The van der Waals surface area contributed by atoms with Crippen molar-refractivity contribution >= 4 is 0 Å². The third kappa shape index (κ3) is 2.13. The van der Waals surface area contributed by atoms with Crippen LogP contribution in [-0.2, 0) is 6.61 Å². The molecular formula is C12H16O3. The van der Waals surface area contributed by atoms with Gasteiger partial charge in [0.25, 0.3) is 0 Å². The Labute approximate surface area is 89.3 Å². The predicted molar refractivity (Wildman–Crippen MR) is 56.6 cm³/mol. The lowest BCUT2D eigenvalue weighted by atomic mass is 9.78. The van der Waals surface area contributed by atoms with Crippen LogP contribution in [0, 0.1) is 0 Å². The van der Waals surface area contributed by atoms with Crippen LogP contribution in [0.2, 0.25) is 0 Å². The predicted octanol–water partition coefficient (Wildman–Crippen LogP) is 1.47. The van der Waals surface area contributed by atoms with Gasteiger partial charge in [-0.05, 0) is 37.5 Å². The van der Waals surface area contributed by atoms with Gasteiger partial charge in [-0.25, -0.2) is 0 Å². The van der Waals surface area contributed by atoms with Gasteiger partial charge in [0.2, 0.25) is 0 Å². The van der Waals surface area contributed by atoms with Gasteiger partial charge in [0, 0.05) is 0 Å². The first-order valence-electron chi connectivity index (χ1n) is 5.21. The fourth-order valence-electron chi connectivity index (χ4n) is 1.75. The maximum absolute atomic E-state index is 9.79. The minimum absolute atomic E-state index is 0.0122. The van der Waals surface area contributed by atoms with Gasteiger partial charge in [-0.15, -0.1) is 0 Å². The number of rotatable bonds is 3. The van der Waals surface area contributed by atoms with Crippen LogP contribution >= 0.6 is 0 Å². The van der Waals surface area contributed by atoms with Crippen molar-refractivity contribution < 1.29 is 14.9 Å². The zero-order valence-corrected chi connectivity index (χ0v) is 8.81. The van der Waals surface area contributed by atoms with Crippen molar-refractivity contribution in [1.82, 2.24) is 0 Å². The van der Waals surface area contributed by atoms with Crippen molar-refractivity contribution in [3.8, 4) is 5.75 Å². The van der Waals surface area contributed by atoms with E-state index in [1.807, 2.05) is 18.2 Å². The smallest absolute Gasteiger partial charge is 0.127 e. The van der Waals surface area contributed by atoms with Crippen molar-refractivity contribution in [2.75, 3.05) is 0 Å². The summed E-state index contributed by atoms with van der Waals surface area (Å²) in [5.74, 6) is 0.714. The summed E-state index contributed by atoms with van der Waals surface area (Å²) in [5, 5.41) is 18.8. The lowest BCUT2D eigenvalue weighted by Gasteiger charge is -2.42. The number of hydrogen-bond acceptors (Lipinski definition) is 3. The molecule has 1 aliphatic rings. The van der Waals surface area contributed by atoms with Gasteiger partial charge in [-0.1, -0.05) is 12.1 Å². The Morgan fingerprint density at radius 3 is 2.87 bits per heavy atom. The third-order valence-electron chi connectivity index (χ3n) is 2.97. The molecule has 2 N–H and O–H groups in total. The van der Waals surface area contributed by atoms with Crippen LogP contribution in [0.15, 0.2) is 24.3 Å². The average molecular weight is 208 g/mol. The van der Waals surface area contributed by atoms with Gasteiger partial charge in [-0.2, -0.15) is 0 Å². The van der Waals surface area contributed by atoms with Crippen molar-refractivity contribution in [2.24, 2.45) is 0 Å². The van der Waals surface area contributed by atoms with E-state index >= 15 is 0 Å². The van der Waals surface area contributed by atoms with Crippen molar-refractivity contribution in [2.45, 2.75) is 38.1 Å². The van der Waals surface area contributed by atoms with E-state index in [1.54, 1.807) is 13.0 Å². The fraction of sp³-hybridized carbons (Fsp3) is 0.500. The van der Waals surface area contributed by atoms with Gasteiger partial charge in [0.15, 0.2) is 0 Å². The molecule has 1 fully saturated rings. The van der Waals surface area contributed by atoms with E-state index in [9.17, 15) is 5.11 Å². The minimum atomic E-state index is -0.699. The van der Waals surface area contributed by atoms with E-state index in [0.717, 1.165) is 18.4 Å². The Bertz CT molecular complexity index is 346. The van der Waals surface area contributed by atoms with Crippen LogP contribution in [-0.4, -0.2) is 21.9 Å². The Hall–Kier alpha value is -1.06. The molecule has 0 spiro atoms. The Morgan fingerprint density at radius 2 is 2.33 bits per heavy atom. The molecular weight excluding hydrogens is 192 g/mol. The molecule has 2 rings (SSSR count). The molecule has 1 aromatic carbocycles. The summed E-state index contributed by atoms with van der Waals surface area (Å²) in [5.41, 5.74) is 0.126. The highest BCUT2D eigenvalue weighted by molar-refractivity contribution is 5.28. The van der Waals surface area contributed by atoms with Crippen LogP contribution < -0.4 is 4.74 Å². The monoisotopic (exact) mass is 208 g/mol. The topological polar surface area (TPSA) is 49.7 Å². The van der Waals surface area contributed by atoms with Crippen LogP contribution in [0.5, 0.6) is 5.75 Å². The minimum Gasteiger partial charge on any atom is -0.487 e. The maximum Gasteiger partial charge on any atom is 0.127 e. The molecule has 0 radical (unpaired) electrons. The number of aliphatic hydroxyl groups is 2. The lowest BCUT2D eigenvalue weighted by Crippen LogP contribution is -2.52. The lowest BCUT2D eigenvalue weighted by molar-refractivity contribution is -0.118. The number of ether oxygens (including phenoxy) is 1. The third-order valence-corrected chi connectivity index (χ3v) is 2.97. The Balaban J connectivity index is 2.04. The molecule has 0 aromatic heterocycles. The van der Waals surface area contributed by atoms with Crippen molar-refractivity contribution in [3.05, 3.63) is 29.8 Å². The van der Waals surface area contributed by atoms with E-state index in [4.69, 9.17) is 9.84 Å². The molecule has 0 amide bonds. The molecule has 0 heterocycles. The number of hydrogen-bond donors (Lipinski definition) is 2. The summed E-state index contributed by atoms with van der Waals surface area (Å²) >= 11 is 0. The summed E-state index contributed by atoms with van der Waals surface area (Å²) in [6, 6.07) is 7.32. The molecule has 2 atom stereocenters. The summed E-state index contributed by atoms with van der Waals surface area (Å²) in [6.07, 6.45) is 1.56. The molecule has 0 unspecified atom stereocenters. The SMILES string of the molecule is C[C@]1(O)CC[C@@H]1Oc1cccc(CO)c1. The van der Waals surface area contributed by atoms with Crippen molar-refractivity contribution in [3.63, 3.8) is 0 Å². The zero-order chi connectivity index (χ0) is 10.9. The highest BCUT2D eigenvalue weighted by Crippen LogP contribution is 2.35. The first-order chi connectivity index (χ1) is 7.12. The number of aliphatic hydroxyl groups excluding tert-OH is 1. The summed E-state index contributed by atoms with van der Waals surface area (Å²) in [6.45, 7) is 1.80. The molecule has 1 saturated carbocycles. The Morgan fingerprint density at radius 1 is 1.53 bits per heavy atom. The zero-order valence-electron chi connectivity index (χ0n) is 8.81. The maximum atomic E-state index is 9.79. The molecule has 1 aromatic rings. The first-order valence-corrected chi connectivity index (χ1v) is 5.21. The summed E-state index contributed by atoms with van der Waals surface area (Å²) in [7, 11) is 0. The van der Waals surface area contributed by atoms with E-state index in [-0.39, 0.29) is 12.7 Å². The molecule has 0 aliphatic heterocycles. The van der Waals surface area contributed by atoms with Crippen LogP contribution in [0.4, 0.5) is 0 Å². The second-order valence-electron chi connectivity index (χ2n) is 4.31. The molecule has 3 nitrogen and oxygen atoms in total. The van der Waals surface area contributed by atoms with Gasteiger partial charge in [0.05, 0.1) is 12.2 Å². The molecule has 1 aliphatic carbocycles. The van der Waals surface area contributed by atoms with Crippen LogP contribution in [0.3, 0.4) is 0 Å². The quantitative estimate of drug-likeness (QED) is 0.790. The second kappa shape index (κ2) is 3.83. The van der Waals surface area contributed by atoms with E-state index in [1.165, 1.54) is 0 Å². The standard InChI is InChI=1S/C12H16O3/c1-12(14)6-5-11(12)15-10-4-2-3-9(7-10)8-13/h2-4,7,11,13-14H,5-6,8H2,1H3/t11-,12-/m0/s1. The van der Waals surface area contributed by atoms with Gasteiger partial charge in [-0.3, -0.25) is 0 Å². The number of benzene rings is 1. The first kappa shape index (κ1) is 10.5. The second-order valence-corrected chi connectivity index (χ2v) is 4.31. The molecule has 3 heteroatoms. The fourth-order valence-corrected chi connectivity index (χ4v) is 1.75. The summed E-state index contributed by atoms with van der Waals surface area (Å²) in [4.78, 5) is 0. The molecule has 82 valence electrons.